The van der Waals surface area contributed by atoms with Crippen molar-refractivity contribution in [1.29, 1.82) is 0 Å². The Morgan fingerprint density at radius 3 is 2.41 bits per heavy atom. The smallest absolute Gasteiger partial charge is 0.289 e. The number of nitrogens with zero attached hydrogens (tertiary/aromatic N) is 2. The third kappa shape index (κ3) is 3.78. The number of hydrogen-bond donors (Lipinski definition) is 0. The summed E-state index contributed by atoms with van der Waals surface area (Å²) in [4.78, 5) is 26.6. The number of carbonyl (C=O) groups excluding carboxylic acids is 1. The first-order valence-corrected chi connectivity index (χ1v) is 10.8. The molecule has 0 bridgehead atoms. The van der Waals surface area contributed by atoms with Gasteiger partial charge in [0.1, 0.15) is 5.58 Å². The molecule has 1 fully saturated rings. The lowest BCUT2D eigenvalue weighted by molar-refractivity contribution is 0.0666. The van der Waals surface area contributed by atoms with Crippen molar-refractivity contribution >= 4 is 38.5 Å². The van der Waals surface area contributed by atoms with Gasteiger partial charge < -0.3 is 9.32 Å². The maximum atomic E-state index is 12.8. The lowest BCUT2D eigenvalue weighted by atomic mass is 10.2. The topological polar surface area (TPSA) is 87.9 Å². The number of rotatable bonds is 3. The van der Waals surface area contributed by atoms with E-state index in [1.54, 1.807) is 36.4 Å². The molecule has 0 aliphatic carbocycles. The zero-order valence-corrected chi connectivity index (χ0v) is 16.8. The van der Waals surface area contributed by atoms with Crippen molar-refractivity contribution < 1.29 is 17.6 Å². The summed E-state index contributed by atoms with van der Waals surface area (Å²) in [5, 5.41) is 0.743. The van der Waals surface area contributed by atoms with E-state index in [0.717, 1.165) is 0 Å². The monoisotopic (exact) mass is 432 g/mol. The van der Waals surface area contributed by atoms with Crippen molar-refractivity contribution in [3.05, 3.63) is 75.6 Å². The highest BCUT2D eigenvalue weighted by molar-refractivity contribution is 7.89. The first kappa shape index (κ1) is 19.6. The van der Waals surface area contributed by atoms with E-state index in [2.05, 4.69) is 0 Å². The van der Waals surface area contributed by atoms with Crippen molar-refractivity contribution in [2.75, 3.05) is 26.2 Å². The molecule has 0 unspecified atom stereocenters. The summed E-state index contributed by atoms with van der Waals surface area (Å²) >= 11 is 5.90. The number of sulfonamides is 1. The number of benzene rings is 2. The summed E-state index contributed by atoms with van der Waals surface area (Å²) in [6.45, 7) is 0.654. The predicted octanol–water partition coefficient (Wildman–Crippen LogP) is 2.59. The molecule has 1 aliphatic rings. The van der Waals surface area contributed by atoms with Gasteiger partial charge in [-0.15, -0.1) is 0 Å². The minimum absolute atomic E-state index is 0.0557. The zero-order valence-electron chi connectivity index (χ0n) is 15.2. The van der Waals surface area contributed by atoms with E-state index in [-0.39, 0.29) is 42.3 Å². The molecule has 0 radical (unpaired) electrons. The molecule has 2 aromatic carbocycles. The Morgan fingerprint density at radius 1 is 0.966 bits per heavy atom. The van der Waals surface area contributed by atoms with Crippen molar-refractivity contribution in [2.45, 2.75) is 4.90 Å². The molecule has 2 heterocycles. The molecule has 3 aromatic rings. The molecule has 0 N–H and O–H groups in total. The summed E-state index contributed by atoms with van der Waals surface area (Å²) < 4.78 is 32.5. The number of para-hydroxylation sites is 1. The zero-order chi connectivity index (χ0) is 20.6. The summed E-state index contributed by atoms with van der Waals surface area (Å²) in [5.41, 5.74) is 0.0443. The molecule has 0 saturated carbocycles. The Bertz CT molecular complexity index is 1250. The van der Waals surface area contributed by atoms with Crippen LogP contribution in [0.5, 0.6) is 0 Å². The fourth-order valence-corrected chi connectivity index (χ4v) is 5.00. The van der Waals surface area contributed by atoms with Crippen LogP contribution in [0, 0.1) is 0 Å². The first-order valence-electron chi connectivity index (χ1n) is 8.94. The van der Waals surface area contributed by atoms with E-state index in [9.17, 15) is 18.0 Å². The largest absolute Gasteiger partial charge is 0.451 e. The van der Waals surface area contributed by atoms with Crippen LogP contribution >= 0.6 is 11.6 Å². The van der Waals surface area contributed by atoms with Gasteiger partial charge in [0.2, 0.25) is 10.0 Å². The third-order valence-electron chi connectivity index (χ3n) is 4.81. The van der Waals surface area contributed by atoms with E-state index in [0.29, 0.717) is 16.0 Å². The highest BCUT2D eigenvalue weighted by atomic mass is 35.5. The second kappa shape index (κ2) is 7.62. The second-order valence-corrected chi connectivity index (χ2v) is 9.00. The lowest BCUT2D eigenvalue weighted by Crippen LogP contribution is -2.50. The van der Waals surface area contributed by atoms with Crippen molar-refractivity contribution in [3.63, 3.8) is 0 Å². The first-order chi connectivity index (χ1) is 13.9. The van der Waals surface area contributed by atoms with E-state index >= 15 is 0 Å². The molecule has 4 rings (SSSR count). The summed E-state index contributed by atoms with van der Waals surface area (Å²) in [7, 11) is -3.70. The third-order valence-corrected chi connectivity index (χ3v) is 6.93. The molecule has 9 heteroatoms. The molecule has 1 saturated heterocycles. The van der Waals surface area contributed by atoms with Crippen LogP contribution < -0.4 is 5.43 Å². The molecule has 1 aromatic heterocycles. The summed E-state index contributed by atoms with van der Waals surface area (Å²) in [5.74, 6) is -0.493. The minimum Gasteiger partial charge on any atom is -0.451 e. The quantitative estimate of drug-likeness (QED) is 0.634. The molecule has 0 spiro atoms. The predicted molar refractivity (Wildman–Crippen MR) is 109 cm³/mol. The van der Waals surface area contributed by atoms with Gasteiger partial charge in [0.25, 0.3) is 5.91 Å². The average Bonchev–Trinajstić information content (AvgIpc) is 2.73. The van der Waals surface area contributed by atoms with Gasteiger partial charge in [-0.1, -0.05) is 29.8 Å². The van der Waals surface area contributed by atoms with E-state index < -0.39 is 15.9 Å². The van der Waals surface area contributed by atoms with Gasteiger partial charge in [0, 0.05) is 37.3 Å². The Balaban J connectivity index is 1.51. The van der Waals surface area contributed by atoms with Gasteiger partial charge in [-0.25, -0.2) is 8.42 Å². The van der Waals surface area contributed by atoms with E-state index in [1.165, 1.54) is 27.4 Å². The summed E-state index contributed by atoms with van der Waals surface area (Å²) in [6.07, 6.45) is 0. The molecule has 29 heavy (non-hydrogen) atoms. The van der Waals surface area contributed by atoms with Crippen LogP contribution in [0.25, 0.3) is 11.0 Å². The van der Waals surface area contributed by atoms with Crippen LogP contribution in [0.2, 0.25) is 5.02 Å². The van der Waals surface area contributed by atoms with Crippen LogP contribution in [0.3, 0.4) is 0 Å². The van der Waals surface area contributed by atoms with Gasteiger partial charge in [-0.05, 0) is 30.3 Å². The number of carbonyl (C=O) groups is 1. The van der Waals surface area contributed by atoms with Gasteiger partial charge in [0.15, 0.2) is 11.2 Å². The molecule has 0 atom stereocenters. The number of amides is 1. The SMILES string of the molecule is O=C(c1cc(=O)c2ccccc2o1)N1CCN(S(=O)(=O)c2cccc(Cl)c2)CC1. The Labute approximate surface area is 172 Å². The minimum atomic E-state index is -3.70. The molecular formula is C20H17ClN2O5S. The highest BCUT2D eigenvalue weighted by Gasteiger charge is 2.31. The number of halogens is 1. The summed E-state index contributed by atoms with van der Waals surface area (Å²) in [6, 6.07) is 14.0. The number of fused-ring (bicyclic) bond motifs is 1. The molecule has 1 amide bonds. The maximum absolute atomic E-state index is 12.8. The van der Waals surface area contributed by atoms with E-state index in [1.807, 2.05) is 0 Å². The fourth-order valence-electron chi connectivity index (χ4n) is 3.27. The fraction of sp³-hybridized carbons (Fsp3) is 0.200. The molecule has 7 nitrogen and oxygen atoms in total. The lowest BCUT2D eigenvalue weighted by Gasteiger charge is -2.33. The van der Waals surface area contributed by atoms with Crippen molar-refractivity contribution in [1.82, 2.24) is 9.21 Å². The van der Waals surface area contributed by atoms with Crippen molar-refractivity contribution in [2.24, 2.45) is 0 Å². The van der Waals surface area contributed by atoms with Crippen LogP contribution in [0.1, 0.15) is 10.6 Å². The maximum Gasteiger partial charge on any atom is 0.289 e. The molecule has 150 valence electrons. The van der Waals surface area contributed by atoms with E-state index in [4.69, 9.17) is 16.0 Å². The van der Waals surface area contributed by atoms with Crippen LogP contribution in [-0.4, -0.2) is 49.7 Å². The van der Waals surface area contributed by atoms with Gasteiger partial charge in [0.05, 0.1) is 10.3 Å². The van der Waals surface area contributed by atoms with Gasteiger partial charge >= 0.3 is 0 Å². The van der Waals surface area contributed by atoms with Gasteiger partial charge in [-0.2, -0.15) is 4.31 Å². The van der Waals surface area contributed by atoms with Crippen LogP contribution in [0.15, 0.2) is 68.7 Å². The normalized spacial score (nSPS) is 15.6. The second-order valence-electron chi connectivity index (χ2n) is 6.62. The number of hydrogen-bond acceptors (Lipinski definition) is 5. The Morgan fingerprint density at radius 2 is 1.69 bits per heavy atom. The Hall–Kier alpha value is -2.68. The average molecular weight is 433 g/mol. The number of piperazine rings is 1. The van der Waals surface area contributed by atoms with Crippen molar-refractivity contribution in [3.8, 4) is 0 Å². The van der Waals surface area contributed by atoms with Crippen LogP contribution in [0.4, 0.5) is 0 Å². The van der Waals surface area contributed by atoms with Crippen LogP contribution in [-0.2, 0) is 10.0 Å². The molecular weight excluding hydrogens is 416 g/mol. The van der Waals surface area contributed by atoms with Gasteiger partial charge in [-0.3, -0.25) is 9.59 Å². The molecule has 1 aliphatic heterocycles. The standard InChI is InChI=1S/C20H17ClN2O5S/c21-14-4-3-5-15(12-14)29(26,27)23-10-8-22(9-11-23)20(25)19-13-17(24)16-6-1-2-7-18(16)28-19/h1-7,12-13H,8-11H2. The highest BCUT2D eigenvalue weighted by Crippen LogP contribution is 2.21. The Kier molecular flexibility index (Phi) is 5.16.